The lowest BCUT2D eigenvalue weighted by Gasteiger charge is -2.09. The summed E-state index contributed by atoms with van der Waals surface area (Å²) < 4.78 is 0. The summed E-state index contributed by atoms with van der Waals surface area (Å²) in [4.78, 5) is 4.35. The van der Waals surface area contributed by atoms with Crippen LogP contribution < -0.4 is 11.1 Å². The molecule has 3 heteroatoms. The van der Waals surface area contributed by atoms with Gasteiger partial charge >= 0.3 is 0 Å². The van der Waals surface area contributed by atoms with Gasteiger partial charge in [-0.1, -0.05) is 49.6 Å². The molecule has 2 aromatic carbocycles. The average Bonchev–Trinajstić information content (AvgIpc) is 2.57. The maximum Gasteiger partial charge on any atom is 0.0659 e. The zero-order valence-electron chi connectivity index (χ0n) is 13.3. The standard InChI is InChI=1S/C20H21N3/c1-4-13-22-20(5-2)16-9-11-18(12-10-16)23-19-8-6-7-17(14-19)15(3)21/h4-14,23H,1,3,21H2,2H3/b20-5-,22-13?. The minimum absolute atomic E-state index is 0.557. The summed E-state index contributed by atoms with van der Waals surface area (Å²) in [6, 6.07) is 16.0. The van der Waals surface area contributed by atoms with Gasteiger partial charge in [0.15, 0.2) is 0 Å². The molecule has 0 aliphatic heterocycles. The second kappa shape index (κ2) is 7.80. The molecule has 0 bridgehead atoms. The number of nitrogens with one attached hydrogen (secondary N) is 1. The minimum atomic E-state index is 0.557. The first-order valence-electron chi connectivity index (χ1n) is 7.37. The van der Waals surface area contributed by atoms with Crippen molar-refractivity contribution >= 4 is 29.0 Å². The van der Waals surface area contributed by atoms with E-state index in [4.69, 9.17) is 5.73 Å². The third kappa shape index (κ3) is 4.45. The molecular weight excluding hydrogens is 282 g/mol. The van der Waals surface area contributed by atoms with Gasteiger partial charge < -0.3 is 11.1 Å². The molecule has 0 atom stereocenters. The van der Waals surface area contributed by atoms with Gasteiger partial charge in [0.05, 0.1) is 5.70 Å². The zero-order chi connectivity index (χ0) is 16.7. The highest BCUT2D eigenvalue weighted by Crippen LogP contribution is 2.22. The molecule has 0 aliphatic carbocycles. The number of benzene rings is 2. The Bertz CT molecular complexity index is 753. The lowest BCUT2D eigenvalue weighted by Crippen LogP contribution is -1.96. The van der Waals surface area contributed by atoms with Crippen LogP contribution in [0.15, 0.2) is 78.8 Å². The van der Waals surface area contributed by atoms with Crippen LogP contribution in [0.4, 0.5) is 11.4 Å². The molecule has 0 saturated heterocycles. The highest BCUT2D eigenvalue weighted by Gasteiger charge is 2.01. The Kier molecular flexibility index (Phi) is 5.53. The Balaban J connectivity index is 2.17. The van der Waals surface area contributed by atoms with E-state index in [0.717, 1.165) is 28.2 Å². The summed E-state index contributed by atoms with van der Waals surface area (Å²) in [7, 11) is 0. The number of hydrogen-bond donors (Lipinski definition) is 2. The number of aliphatic imine (C=N–C) groups is 1. The molecule has 2 rings (SSSR count). The molecule has 0 aliphatic rings. The van der Waals surface area contributed by atoms with Gasteiger partial charge in [-0.05, 0) is 42.3 Å². The molecule has 0 heterocycles. The summed E-state index contributed by atoms with van der Waals surface area (Å²) in [6.45, 7) is 9.37. The van der Waals surface area contributed by atoms with Gasteiger partial charge in [-0.2, -0.15) is 0 Å². The van der Waals surface area contributed by atoms with Crippen LogP contribution in [0.25, 0.3) is 11.4 Å². The quantitative estimate of drug-likeness (QED) is 0.740. The van der Waals surface area contributed by atoms with E-state index in [2.05, 4.69) is 23.5 Å². The molecule has 3 nitrogen and oxygen atoms in total. The van der Waals surface area contributed by atoms with Crippen molar-refractivity contribution in [2.75, 3.05) is 5.32 Å². The fourth-order valence-corrected chi connectivity index (χ4v) is 2.14. The Hall–Kier alpha value is -3.07. The van der Waals surface area contributed by atoms with Crippen molar-refractivity contribution in [2.45, 2.75) is 6.92 Å². The maximum atomic E-state index is 5.74. The summed E-state index contributed by atoms with van der Waals surface area (Å²) in [5.41, 5.74) is 11.1. The maximum absolute atomic E-state index is 5.74. The van der Waals surface area contributed by atoms with Crippen molar-refractivity contribution in [3.05, 3.63) is 85.0 Å². The van der Waals surface area contributed by atoms with Crippen LogP contribution in [0.2, 0.25) is 0 Å². The number of hydrogen-bond acceptors (Lipinski definition) is 3. The largest absolute Gasteiger partial charge is 0.399 e. The van der Waals surface area contributed by atoms with Crippen LogP contribution in [-0.4, -0.2) is 6.21 Å². The number of anilines is 2. The molecule has 0 spiro atoms. The minimum Gasteiger partial charge on any atom is -0.399 e. The monoisotopic (exact) mass is 303 g/mol. The zero-order valence-corrected chi connectivity index (χ0v) is 13.3. The molecule has 2 aromatic rings. The van der Waals surface area contributed by atoms with Crippen LogP contribution in [0.3, 0.4) is 0 Å². The predicted molar refractivity (Wildman–Crippen MR) is 102 cm³/mol. The molecular formula is C20H21N3. The van der Waals surface area contributed by atoms with E-state index in [1.54, 1.807) is 12.3 Å². The van der Waals surface area contributed by atoms with Gasteiger partial charge in [-0.3, -0.25) is 4.99 Å². The predicted octanol–water partition coefficient (Wildman–Crippen LogP) is 4.98. The van der Waals surface area contributed by atoms with Gasteiger partial charge in [0.1, 0.15) is 0 Å². The fraction of sp³-hybridized carbons (Fsp3) is 0.0500. The Morgan fingerprint density at radius 1 is 1.09 bits per heavy atom. The molecule has 116 valence electrons. The van der Waals surface area contributed by atoms with E-state index >= 15 is 0 Å². The summed E-state index contributed by atoms with van der Waals surface area (Å²) in [5, 5.41) is 3.36. The number of rotatable bonds is 6. The van der Waals surface area contributed by atoms with Crippen LogP contribution in [0.5, 0.6) is 0 Å². The van der Waals surface area contributed by atoms with E-state index < -0.39 is 0 Å². The fourth-order valence-electron chi connectivity index (χ4n) is 2.14. The lowest BCUT2D eigenvalue weighted by molar-refractivity contribution is 1.46. The highest BCUT2D eigenvalue weighted by molar-refractivity contribution is 5.80. The SMILES string of the molecule is C=CC=N/C(=C\C)c1ccc(Nc2cccc(C(=C)N)c2)cc1. The number of allylic oxidation sites excluding steroid dienone is 2. The molecule has 0 saturated carbocycles. The van der Waals surface area contributed by atoms with Gasteiger partial charge in [0, 0.05) is 23.3 Å². The van der Waals surface area contributed by atoms with Crippen LogP contribution in [-0.2, 0) is 0 Å². The van der Waals surface area contributed by atoms with E-state index in [-0.39, 0.29) is 0 Å². The highest BCUT2D eigenvalue weighted by atomic mass is 14.9. The Labute approximate surface area is 137 Å². The summed E-state index contributed by atoms with van der Waals surface area (Å²) in [6.07, 6.45) is 5.32. The average molecular weight is 303 g/mol. The van der Waals surface area contributed by atoms with Crippen LogP contribution in [0.1, 0.15) is 18.1 Å². The molecule has 0 radical (unpaired) electrons. The second-order valence-corrected chi connectivity index (χ2v) is 5.00. The van der Waals surface area contributed by atoms with Crippen molar-refractivity contribution in [3.63, 3.8) is 0 Å². The van der Waals surface area contributed by atoms with Crippen molar-refractivity contribution in [2.24, 2.45) is 10.7 Å². The van der Waals surface area contributed by atoms with Gasteiger partial charge in [0.25, 0.3) is 0 Å². The normalized spacial score (nSPS) is 11.4. The third-order valence-electron chi connectivity index (χ3n) is 3.30. The van der Waals surface area contributed by atoms with E-state index in [9.17, 15) is 0 Å². The van der Waals surface area contributed by atoms with Crippen molar-refractivity contribution < 1.29 is 0 Å². The third-order valence-corrected chi connectivity index (χ3v) is 3.30. The van der Waals surface area contributed by atoms with E-state index in [1.165, 1.54) is 0 Å². The molecule has 0 fully saturated rings. The first-order valence-corrected chi connectivity index (χ1v) is 7.37. The van der Waals surface area contributed by atoms with E-state index in [0.29, 0.717) is 5.70 Å². The second-order valence-electron chi connectivity index (χ2n) is 5.00. The van der Waals surface area contributed by atoms with Crippen molar-refractivity contribution in [3.8, 4) is 0 Å². The molecule has 0 unspecified atom stereocenters. The van der Waals surface area contributed by atoms with Gasteiger partial charge in [-0.15, -0.1) is 0 Å². The summed E-state index contributed by atoms with van der Waals surface area (Å²) in [5.74, 6) is 0. The van der Waals surface area contributed by atoms with Crippen molar-refractivity contribution in [1.82, 2.24) is 0 Å². The van der Waals surface area contributed by atoms with Gasteiger partial charge in [0.2, 0.25) is 0 Å². The lowest BCUT2D eigenvalue weighted by atomic mass is 10.1. The number of nitrogens with zero attached hydrogens (tertiary/aromatic N) is 1. The number of nitrogens with two attached hydrogens (primary N) is 1. The van der Waals surface area contributed by atoms with Crippen LogP contribution in [0, 0.1) is 0 Å². The topological polar surface area (TPSA) is 50.4 Å². The Morgan fingerprint density at radius 2 is 1.83 bits per heavy atom. The molecule has 23 heavy (non-hydrogen) atoms. The summed E-state index contributed by atoms with van der Waals surface area (Å²) >= 11 is 0. The first-order chi connectivity index (χ1) is 11.1. The smallest absolute Gasteiger partial charge is 0.0659 e. The van der Waals surface area contributed by atoms with Gasteiger partial charge in [-0.25, -0.2) is 0 Å². The molecule has 0 amide bonds. The van der Waals surface area contributed by atoms with Crippen molar-refractivity contribution in [1.29, 1.82) is 0 Å². The van der Waals surface area contributed by atoms with E-state index in [1.807, 2.05) is 61.5 Å². The molecule has 3 N–H and O–H groups in total. The Morgan fingerprint density at radius 3 is 2.43 bits per heavy atom. The molecule has 0 aromatic heterocycles. The van der Waals surface area contributed by atoms with Crippen LogP contribution >= 0.6 is 0 Å². The first kappa shape index (κ1) is 16.3.